The minimum Gasteiger partial charge on any atom is -0.303 e. The molecule has 1 fully saturated rings. The Labute approximate surface area is 115 Å². The van der Waals surface area contributed by atoms with Crippen LogP contribution in [0.1, 0.15) is 26.2 Å². The molecule has 0 aromatic carbocycles. The van der Waals surface area contributed by atoms with E-state index in [1.807, 2.05) is 0 Å². The first kappa shape index (κ1) is 13.8. The fourth-order valence-corrected chi connectivity index (χ4v) is 3.78. The average Bonchev–Trinajstić information content (AvgIpc) is 2.77. The molecule has 1 saturated heterocycles. The molecule has 0 bridgehead atoms. The van der Waals surface area contributed by atoms with Gasteiger partial charge < -0.3 is 10.2 Å². The summed E-state index contributed by atoms with van der Waals surface area (Å²) in [5.41, 5.74) is 0. The number of rotatable bonds is 5. The van der Waals surface area contributed by atoms with E-state index in [1.54, 1.807) is 11.8 Å². The van der Waals surface area contributed by atoms with Gasteiger partial charge in [-0.2, -0.15) is 0 Å². The van der Waals surface area contributed by atoms with Gasteiger partial charge in [0.05, 0.1) is 0 Å². The second-order valence-electron chi connectivity index (χ2n) is 4.31. The number of amides is 1. The Bertz CT molecular complexity index is 390. The van der Waals surface area contributed by atoms with Gasteiger partial charge in [0, 0.05) is 19.2 Å². The molecule has 0 radical (unpaired) electrons. The number of aromatic nitrogens is 2. The quantitative estimate of drug-likeness (QED) is 0.663. The van der Waals surface area contributed by atoms with Gasteiger partial charge in [0.2, 0.25) is 11.0 Å². The van der Waals surface area contributed by atoms with Crippen LogP contribution in [-0.2, 0) is 4.79 Å². The molecule has 0 spiro atoms. The summed E-state index contributed by atoms with van der Waals surface area (Å²) in [6, 6.07) is 0. The van der Waals surface area contributed by atoms with Gasteiger partial charge in [0.15, 0.2) is 4.34 Å². The van der Waals surface area contributed by atoms with Crippen molar-refractivity contribution in [2.75, 3.05) is 30.7 Å². The highest BCUT2D eigenvalue weighted by Gasteiger charge is 2.10. The Morgan fingerprint density at radius 3 is 2.89 bits per heavy atom. The highest BCUT2D eigenvalue weighted by molar-refractivity contribution is 8.01. The first-order valence-corrected chi connectivity index (χ1v) is 8.00. The number of hydrogen-bond acceptors (Lipinski definition) is 6. The molecule has 0 saturated carbocycles. The smallest absolute Gasteiger partial charge is 0.223 e. The van der Waals surface area contributed by atoms with Crippen LogP contribution in [-0.4, -0.2) is 46.4 Å². The van der Waals surface area contributed by atoms with Crippen molar-refractivity contribution in [2.24, 2.45) is 0 Å². The Kier molecular flexibility index (Phi) is 5.40. The highest BCUT2D eigenvalue weighted by Crippen LogP contribution is 2.25. The van der Waals surface area contributed by atoms with E-state index in [9.17, 15) is 4.79 Å². The number of nitrogens with zero attached hydrogens (tertiary/aromatic N) is 3. The zero-order valence-electron chi connectivity index (χ0n) is 10.5. The molecule has 1 aromatic heterocycles. The third-order valence-electron chi connectivity index (χ3n) is 2.77. The van der Waals surface area contributed by atoms with E-state index in [0.717, 1.165) is 16.6 Å². The summed E-state index contributed by atoms with van der Waals surface area (Å²) in [7, 11) is 0. The fraction of sp³-hybridized carbons (Fsp3) is 0.727. The molecule has 0 aliphatic carbocycles. The second-order valence-corrected chi connectivity index (χ2v) is 6.62. The zero-order chi connectivity index (χ0) is 12.8. The maximum atomic E-state index is 10.9. The Balaban J connectivity index is 1.69. The summed E-state index contributed by atoms with van der Waals surface area (Å²) in [4.78, 5) is 13.4. The van der Waals surface area contributed by atoms with Gasteiger partial charge in [-0.1, -0.05) is 29.5 Å². The molecule has 100 valence electrons. The van der Waals surface area contributed by atoms with Crippen LogP contribution in [0.25, 0.3) is 0 Å². The molecular weight excluding hydrogens is 268 g/mol. The number of piperidine rings is 1. The normalized spacial score (nSPS) is 16.7. The molecular formula is C11H18N4OS2. The van der Waals surface area contributed by atoms with E-state index in [1.165, 1.54) is 50.6 Å². The fourth-order valence-electron chi connectivity index (χ4n) is 1.91. The van der Waals surface area contributed by atoms with Gasteiger partial charge in [0.25, 0.3) is 0 Å². The minimum atomic E-state index is -0.101. The van der Waals surface area contributed by atoms with E-state index in [-0.39, 0.29) is 5.91 Å². The predicted octanol–water partition coefficient (Wildman–Crippen LogP) is 2.07. The summed E-state index contributed by atoms with van der Waals surface area (Å²) in [6.07, 6.45) is 4.03. The number of carbonyl (C=O) groups excluding carboxylic acids is 1. The molecule has 1 amide bonds. The van der Waals surface area contributed by atoms with E-state index in [2.05, 4.69) is 20.4 Å². The number of hydrogen-bond donors (Lipinski definition) is 1. The molecule has 1 aromatic rings. The van der Waals surface area contributed by atoms with Crippen LogP contribution in [0.5, 0.6) is 0 Å². The molecule has 1 N–H and O–H groups in total. The lowest BCUT2D eigenvalue weighted by molar-refractivity contribution is -0.114. The maximum absolute atomic E-state index is 10.9. The van der Waals surface area contributed by atoms with Crippen LogP contribution in [0, 0.1) is 0 Å². The maximum Gasteiger partial charge on any atom is 0.223 e. The largest absolute Gasteiger partial charge is 0.303 e. The molecule has 7 heteroatoms. The van der Waals surface area contributed by atoms with Crippen LogP contribution in [0.15, 0.2) is 4.34 Å². The first-order valence-electron chi connectivity index (χ1n) is 6.20. The van der Waals surface area contributed by atoms with Gasteiger partial charge in [-0.15, -0.1) is 10.2 Å². The summed E-state index contributed by atoms with van der Waals surface area (Å²) < 4.78 is 0.927. The van der Waals surface area contributed by atoms with Crippen molar-refractivity contribution in [1.29, 1.82) is 0 Å². The van der Waals surface area contributed by atoms with Crippen molar-refractivity contribution in [3.05, 3.63) is 0 Å². The zero-order valence-corrected chi connectivity index (χ0v) is 12.1. The van der Waals surface area contributed by atoms with E-state index in [0.29, 0.717) is 5.13 Å². The lowest BCUT2D eigenvalue weighted by atomic mass is 10.1. The monoisotopic (exact) mass is 286 g/mol. The summed E-state index contributed by atoms with van der Waals surface area (Å²) in [6.45, 7) is 5.05. The molecule has 0 atom stereocenters. The minimum absolute atomic E-state index is 0.101. The number of nitrogens with one attached hydrogen (secondary N) is 1. The van der Waals surface area contributed by atoms with Crippen LogP contribution < -0.4 is 5.32 Å². The number of anilines is 1. The average molecular weight is 286 g/mol. The van der Waals surface area contributed by atoms with Gasteiger partial charge in [0.1, 0.15) is 0 Å². The third kappa shape index (κ3) is 4.55. The van der Waals surface area contributed by atoms with Crippen LogP contribution in [0.3, 0.4) is 0 Å². The standard InChI is InChI=1S/C11H18N4OS2/c1-9(16)12-10-13-14-11(18-10)17-8-7-15-5-3-2-4-6-15/h2-8H2,1H3,(H,12,13,16). The van der Waals surface area contributed by atoms with Crippen molar-refractivity contribution in [3.63, 3.8) is 0 Å². The molecule has 0 unspecified atom stereocenters. The lowest BCUT2D eigenvalue weighted by Crippen LogP contribution is -2.31. The van der Waals surface area contributed by atoms with Crippen molar-refractivity contribution in [3.8, 4) is 0 Å². The van der Waals surface area contributed by atoms with Crippen LogP contribution in [0.2, 0.25) is 0 Å². The van der Waals surface area contributed by atoms with Gasteiger partial charge >= 0.3 is 0 Å². The Morgan fingerprint density at radius 1 is 1.39 bits per heavy atom. The first-order chi connectivity index (χ1) is 8.74. The predicted molar refractivity (Wildman–Crippen MR) is 75.2 cm³/mol. The summed E-state index contributed by atoms with van der Waals surface area (Å²) >= 11 is 3.15. The molecule has 18 heavy (non-hydrogen) atoms. The molecule has 2 rings (SSSR count). The Hall–Kier alpha value is -0.660. The van der Waals surface area contributed by atoms with Crippen molar-refractivity contribution < 1.29 is 4.79 Å². The van der Waals surface area contributed by atoms with E-state index < -0.39 is 0 Å². The van der Waals surface area contributed by atoms with Crippen molar-refractivity contribution in [1.82, 2.24) is 15.1 Å². The van der Waals surface area contributed by atoms with Gasteiger partial charge in [-0.05, 0) is 25.9 Å². The van der Waals surface area contributed by atoms with Crippen LogP contribution in [0.4, 0.5) is 5.13 Å². The summed E-state index contributed by atoms with van der Waals surface area (Å²) in [5, 5.41) is 11.2. The highest BCUT2D eigenvalue weighted by atomic mass is 32.2. The third-order valence-corrected chi connectivity index (χ3v) is 4.72. The van der Waals surface area contributed by atoms with Crippen molar-refractivity contribution in [2.45, 2.75) is 30.5 Å². The molecule has 2 heterocycles. The molecule has 1 aliphatic heterocycles. The number of likely N-dealkylation sites (tertiary alicyclic amines) is 1. The van der Waals surface area contributed by atoms with Gasteiger partial charge in [-0.25, -0.2) is 0 Å². The molecule has 5 nitrogen and oxygen atoms in total. The SMILES string of the molecule is CC(=O)Nc1nnc(SCCN2CCCCC2)s1. The Morgan fingerprint density at radius 2 is 2.17 bits per heavy atom. The van der Waals surface area contributed by atoms with Crippen molar-refractivity contribution >= 4 is 34.1 Å². The van der Waals surface area contributed by atoms with Gasteiger partial charge in [-0.3, -0.25) is 4.79 Å². The summed E-state index contributed by atoms with van der Waals surface area (Å²) in [5.74, 6) is 0.936. The number of thioether (sulfide) groups is 1. The van der Waals surface area contributed by atoms with E-state index in [4.69, 9.17) is 0 Å². The molecule has 1 aliphatic rings. The lowest BCUT2D eigenvalue weighted by Gasteiger charge is -2.25. The van der Waals surface area contributed by atoms with E-state index >= 15 is 0 Å². The topological polar surface area (TPSA) is 58.1 Å². The number of carbonyl (C=O) groups is 1. The second kappa shape index (κ2) is 7.06. The van der Waals surface area contributed by atoms with Crippen LogP contribution >= 0.6 is 23.1 Å².